The Hall–Kier alpha value is -2.66. The van der Waals surface area contributed by atoms with E-state index in [4.69, 9.17) is 11.6 Å². The summed E-state index contributed by atoms with van der Waals surface area (Å²) in [6.07, 6.45) is 2.51. The molecule has 3 unspecified atom stereocenters. The minimum absolute atomic E-state index is 0.0341. The maximum Gasteiger partial charge on any atom is 0.261 e. The smallest absolute Gasteiger partial charge is 0.261 e. The van der Waals surface area contributed by atoms with E-state index >= 15 is 0 Å². The van der Waals surface area contributed by atoms with Gasteiger partial charge in [-0.1, -0.05) is 30.7 Å². The fourth-order valence-corrected chi connectivity index (χ4v) is 5.66. The molecular formula is C24H23ClN2O3. The Balaban J connectivity index is 1.23. The van der Waals surface area contributed by atoms with Crippen LogP contribution in [0.1, 0.15) is 57.3 Å². The van der Waals surface area contributed by atoms with E-state index in [1.807, 2.05) is 0 Å². The van der Waals surface area contributed by atoms with E-state index < -0.39 is 0 Å². The molecular weight excluding hydrogens is 400 g/mol. The maximum atomic E-state index is 12.8. The summed E-state index contributed by atoms with van der Waals surface area (Å²) in [6.45, 7) is 2.09. The highest BCUT2D eigenvalue weighted by atomic mass is 35.5. The molecule has 2 aromatic rings. The van der Waals surface area contributed by atoms with Gasteiger partial charge in [0.25, 0.3) is 17.7 Å². The minimum atomic E-state index is -0.165. The molecule has 1 aliphatic heterocycles. The van der Waals surface area contributed by atoms with E-state index in [0.29, 0.717) is 39.5 Å². The lowest BCUT2D eigenvalue weighted by molar-refractivity contribution is 0.0572. The zero-order valence-corrected chi connectivity index (χ0v) is 17.4. The molecule has 1 heterocycles. The van der Waals surface area contributed by atoms with Crippen LogP contribution in [-0.2, 0) is 0 Å². The number of nitrogens with one attached hydrogen (secondary N) is 1. The molecule has 154 valence electrons. The molecule has 3 aliphatic rings. The molecule has 2 aromatic carbocycles. The zero-order valence-electron chi connectivity index (χ0n) is 16.7. The molecule has 30 heavy (non-hydrogen) atoms. The number of carbonyl (C=O) groups excluding carboxylic acids is 3. The van der Waals surface area contributed by atoms with Gasteiger partial charge in [0.05, 0.1) is 11.1 Å². The van der Waals surface area contributed by atoms with Gasteiger partial charge in [-0.3, -0.25) is 19.3 Å². The van der Waals surface area contributed by atoms with Crippen LogP contribution in [0.4, 0.5) is 0 Å². The Morgan fingerprint density at radius 2 is 1.60 bits per heavy atom. The largest absolute Gasteiger partial charge is 0.349 e. The summed E-state index contributed by atoms with van der Waals surface area (Å²) in [7, 11) is 0. The van der Waals surface area contributed by atoms with Crippen molar-refractivity contribution < 1.29 is 14.4 Å². The Labute approximate surface area is 180 Å². The Morgan fingerprint density at radius 3 is 2.13 bits per heavy atom. The molecule has 0 aromatic heterocycles. The molecule has 0 radical (unpaired) electrons. The van der Waals surface area contributed by atoms with Crippen LogP contribution in [0.2, 0.25) is 5.02 Å². The van der Waals surface area contributed by atoms with Gasteiger partial charge < -0.3 is 5.32 Å². The molecule has 5 atom stereocenters. The van der Waals surface area contributed by atoms with Crippen molar-refractivity contribution in [3.63, 3.8) is 0 Å². The predicted octanol–water partition coefficient (Wildman–Crippen LogP) is 4.17. The van der Waals surface area contributed by atoms with Crippen LogP contribution in [0.5, 0.6) is 0 Å². The lowest BCUT2D eigenvalue weighted by atomic mass is 9.98. The molecule has 2 saturated carbocycles. The fraction of sp³-hybridized carbons (Fsp3) is 0.375. The highest BCUT2D eigenvalue weighted by Crippen LogP contribution is 2.60. The highest BCUT2D eigenvalue weighted by molar-refractivity contribution is 6.30. The molecule has 5 rings (SSSR count). The van der Waals surface area contributed by atoms with E-state index in [9.17, 15) is 14.4 Å². The average Bonchev–Trinajstić information content (AvgIpc) is 3.11. The van der Waals surface area contributed by atoms with Gasteiger partial charge in [0.1, 0.15) is 0 Å². The second-order valence-electron chi connectivity index (χ2n) is 8.55. The third-order valence-electron chi connectivity index (χ3n) is 7.00. The van der Waals surface area contributed by atoms with Gasteiger partial charge in [-0.2, -0.15) is 0 Å². The second-order valence-corrected chi connectivity index (χ2v) is 8.99. The Kier molecular flexibility index (Phi) is 4.66. The third kappa shape index (κ3) is 3.03. The predicted molar refractivity (Wildman–Crippen MR) is 113 cm³/mol. The van der Waals surface area contributed by atoms with Crippen molar-refractivity contribution in [3.05, 3.63) is 70.2 Å². The van der Waals surface area contributed by atoms with E-state index in [1.54, 1.807) is 48.5 Å². The number of imide groups is 1. The third-order valence-corrected chi connectivity index (χ3v) is 7.26. The number of nitrogens with zero attached hydrogens (tertiary/aromatic N) is 1. The summed E-state index contributed by atoms with van der Waals surface area (Å²) >= 11 is 5.91. The van der Waals surface area contributed by atoms with Crippen molar-refractivity contribution in [2.75, 3.05) is 0 Å². The molecule has 2 aliphatic carbocycles. The molecule has 0 saturated heterocycles. The molecule has 2 fully saturated rings. The first kappa shape index (κ1) is 19.3. The first-order valence-corrected chi connectivity index (χ1v) is 10.9. The molecule has 1 N–H and O–H groups in total. The van der Waals surface area contributed by atoms with Crippen LogP contribution >= 0.6 is 11.6 Å². The van der Waals surface area contributed by atoms with Crippen LogP contribution in [0.3, 0.4) is 0 Å². The van der Waals surface area contributed by atoms with Gasteiger partial charge in [-0.15, -0.1) is 0 Å². The maximum absolute atomic E-state index is 12.8. The Bertz CT molecular complexity index is 988. The number of fused-ring (bicyclic) bond motifs is 2. The van der Waals surface area contributed by atoms with E-state index in [-0.39, 0.29) is 29.8 Å². The molecule has 6 heteroatoms. The first-order valence-electron chi connectivity index (χ1n) is 10.5. The standard InChI is InChI=1S/C24H23ClN2O3/c1-2-20(26-22(28)13-7-9-14(25)10-8-13)21-18-11-15(12-19(18)21)27-23(29)16-5-3-4-6-17(16)24(27)30/h3-10,15,18-21H,2,11-12H2,1H3,(H,26,28)/t15?,18-,19+,20?,21?. The van der Waals surface area contributed by atoms with Crippen molar-refractivity contribution in [1.82, 2.24) is 10.2 Å². The molecule has 3 amide bonds. The van der Waals surface area contributed by atoms with Gasteiger partial charge in [-0.25, -0.2) is 0 Å². The van der Waals surface area contributed by atoms with E-state index in [0.717, 1.165) is 19.3 Å². The first-order chi connectivity index (χ1) is 14.5. The number of benzene rings is 2. The van der Waals surface area contributed by atoms with Crippen LogP contribution in [-0.4, -0.2) is 34.7 Å². The number of amides is 3. The monoisotopic (exact) mass is 422 g/mol. The van der Waals surface area contributed by atoms with E-state index in [1.165, 1.54) is 4.90 Å². The summed E-state index contributed by atoms with van der Waals surface area (Å²) in [6, 6.07) is 14.0. The van der Waals surface area contributed by atoms with Crippen LogP contribution in [0.15, 0.2) is 48.5 Å². The zero-order chi connectivity index (χ0) is 21.0. The summed E-state index contributed by atoms with van der Waals surface area (Å²) in [4.78, 5) is 39.6. The second kappa shape index (κ2) is 7.24. The van der Waals surface area contributed by atoms with Crippen LogP contribution in [0, 0.1) is 17.8 Å². The normalized spacial score (nSPS) is 27.6. The van der Waals surface area contributed by atoms with Crippen molar-refractivity contribution in [3.8, 4) is 0 Å². The Morgan fingerprint density at radius 1 is 1.03 bits per heavy atom. The van der Waals surface area contributed by atoms with Gasteiger partial charge in [-0.05, 0) is 73.4 Å². The number of hydrogen-bond acceptors (Lipinski definition) is 3. The van der Waals surface area contributed by atoms with Crippen LogP contribution in [0.25, 0.3) is 0 Å². The minimum Gasteiger partial charge on any atom is -0.349 e. The van der Waals surface area contributed by atoms with E-state index in [2.05, 4.69) is 12.2 Å². The molecule has 5 nitrogen and oxygen atoms in total. The SMILES string of the molecule is CCC(NC(=O)c1ccc(Cl)cc1)C1[C@H]2CC(N3C(=O)c4ccccc4C3=O)C[C@@H]12. The number of halogens is 1. The van der Waals surface area contributed by atoms with Crippen LogP contribution < -0.4 is 5.32 Å². The lowest BCUT2D eigenvalue weighted by Crippen LogP contribution is -2.41. The number of carbonyl (C=O) groups is 3. The fourth-order valence-electron chi connectivity index (χ4n) is 5.53. The summed E-state index contributed by atoms with van der Waals surface area (Å²) in [5.74, 6) is 0.908. The van der Waals surface area contributed by atoms with Gasteiger partial charge in [0.15, 0.2) is 0 Å². The highest BCUT2D eigenvalue weighted by Gasteiger charge is 2.61. The van der Waals surface area contributed by atoms with Gasteiger partial charge >= 0.3 is 0 Å². The molecule has 0 bridgehead atoms. The molecule has 0 spiro atoms. The van der Waals surface area contributed by atoms with Crippen molar-refractivity contribution in [2.24, 2.45) is 17.8 Å². The number of rotatable bonds is 5. The van der Waals surface area contributed by atoms with Crippen molar-refractivity contribution in [1.29, 1.82) is 0 Å². The summed E-state index contributed by atoms with van der Waals surface area (Å²) in [5, 5.41) is 3.79. The average molecular weight is 423 g/mol. The summed E-state index contributed by atoms with van der Waals surface area (Å²) in [5.41, 5.74) is 1.63. The quantitative estimate of drug-likeness (QED) is 0.735. The summed E-state index contributed by atoms with van der Waals surface area (Å²) < 4.78 is 0. The van der Waals surface area contributed by atoms with Crippen molar-refractivity contribution >= 4 is 29.3 Å². The van der Waals surface area contributed by atoms with Crippen molar-refractivity contribution in [2.45, 2.75) is 38.3 Å². The number of hydrogen-bond donors (Lipinski definition) is 1. The van der Waals surface area contributed by atoms with Gasteiger partial charge in [0.2, 0.25) is 0 Å². The lowest BCUT2D eigenvalue weighted by Gasteiger charge is -2.26. The topological polar surface area (TPSA) is 66.5 Å². The van der Waals surface area contributed by atoms with Gasteiger partial charge in [0, 0.05) is 22.7 Å².